The lowest BCUT2D eigenvalue weighted by atomic mass is 9.98. The van der Waals surface area contributed by atoms with Crippen LogP contribution in [0.25, 0.3) is 21.3 Å². The first kappa shape index (κ1) is 20.8. The minimum Gasteiger partial charge on any atom is -0.492 e. The summed E-state index contributed by atoms with van der Waals surface area (Å²) in [6, 6.07) is 16.3. The number of aryl methyl sites for hydroxylation is 1. The minimum absolute atomic E-state index is 0.177. The molecule has 0 aliphatic heterocycles. The number of aromatic nitrogens is 2. The van der Waals surface area contributed by atoms with Gasteiger partial charge in [-0.2, -0.15) is 0 Å². The van der Waals surface area contributed by atoms with Crippen LogP contribution < -0.4 is 10.1 Å². The number of anilines is 1. The molecule has 0 aliphatic carbocycles. The first-order valence-electron chi connectivity index (χ1n) is 10.1. The summed E-state index contributed by atoms with van der Waals surface area (Å²) in [4.78, 5) is 21.0. The number of carbonyl (C=O) groups is 1. The fourth-order valence-corrected chi connectivity index (χ4v) is 4.46. The number of rotatable bonds is 8. The Morgan fingerprint density at radius 2 is 1.94 bits per heavy atom. The molecule has 0 bridgehead atoms. The molecule has 0 fully saturated rings. The van der Waals surface area contributed by atoms with Crippen molar-refractivity contribution in [3.05, 3.63) is 70.9 Å². The average molecular weight is 434 g/mol. The second kappa shape index (κ2) is 9.14. The standard InChI is InChI=1S/C24H23N3O3S/c1-3-30-20-13-21(31-23(20)24(28)29)19-12-22(27-14-26-19)25-11-10-16-9-8-15(2)17-6-4-5-7-18(16)17/h4-9,12-14H,3,10-11H2,1-2H3,(H,28,29)(H,25,26,27). The zero-order valence-electron chi connectivity index (χ0n) is 17.4. The molecule has 31 heavy (non-hydrogen) atoms. The first-order valence-corrected chi connectivity index (χ1v) is 10.9. The molecular formula is C24H23N3O3S. The molecule has 2 aromatic heterocycles. The van der Waals surface area contributed by atoms with E-state index in [1.54, 1.807) is 6.07 Å². The van der Waals surface area contributed by atoms with E-state index in [9.17, 15) is 9.90 Å². The molecule has 0 saturated carbocycles. The van der Waals surface area contributed by atoms with Crippen molar-refractivity contribution in [2.45, 2.75) is 20.3 Å². The van der Waals surface area contributed by atoms with Crippen LogP contribution in [0.4, 0.5) is 5.82 Å². The van der Waals surface area contributed by atoms with E-state index in [0.29, 0.717) is 23.9 Å². The SMILES string of the molecule is CCOc1cc(-c2cc(NCCc3ccc(C)c4ccccc34)ncn2)sc1C(=O)O. The fourth-order valence-electron chi connectivity index (χ4n) is 3.56. The van der Waals surface area contributed by atoms with E-state index < -0.39 is 5.97 Å². The third-order valence-electron chi connectivity index (χ3n) is 5.04. The number of hydrogen-bond acceptors (Lipinski definition) is 6. The lowest BCUT2D eigenvalue weighted by Gasteiger charge is -2.10. The lowest BCUT2D eigenvalue weighted by Crippen LogP contribution is -2.07. The van der Waals surface area contributed by atoms with Crippen molar-refractivity contribution in [3.8, 4) is 16.3 Å². The van der Waals surface area contributed by atoms with E-state index in [0.717, 1.165) is 29.2 Å². The van der Waals surface area contributed by atoms with Crippen molar-refractivity contribution in [3.63, 3.8) is 0 Å². The molecule has 2 N–H and O–H groups in total. The third kappa shape index (κ3) is 4.51. The molecule has 158 valence electrons. The Labute approximate surface area is 184 Å². The predicted molar refractivity (Wildman–Crippen MR) is 124 cm³/mol. The van der Waals surface area contributed by atoms with Gasteiger partial charge in [-0.05, 0) is 42.2 Å². The zero-order chi connectivity index (χ0) is 21.8. The number of hydrogen-bond donors (Lipinski definition) is 2. The lowest BCUT2D eigenvalue weighted by molar-refractivity contribution is 0.0698. The van der Waals surface area contributed by atoms with Crippen LogP contribution in [0.2, 0.25) is 0 Å². The third-order valence-corrected chi connectivity index (χ3v) is 6.17. The summed E-state index contributed by atoms with van der Waals surface area (Å²) in [5.41, 5.74) is 3.22. The van der Waals surface area contributed by atoms with Crippen LogP contribution in [-0.2, 0) is 6.42 Å². The first-order chi connectivity index (χ1) is 15.1. The van der Waals surface area contributed by atoms with E-state index in [1.807, 2.05) is 13.0 Å². The largest absolute Gasteiger partial charge is 0.492 e. The monoisotopic (exact) mass is 433 g/mol. The van der Waals surface area contributed by atoms with Crippen LogP contribution in [0.1, 0.15) is 27.7 Å². The van der Waals surface area contributed by atoms with Crippen LogP contribution in [0.5, 0.6) is 5.75 Å². The van der Waals surface area contributed by atoms with Crippen molar-refractivity contribution in [1.82, 2.24) is 9.97 Å². The van der Waals surface area contributed by atoms with E-state index in [2.05, 4.69) is 58.6 Å². The summed E-state index contributed by atoms with van der Waals surface area (Å²) >= 11 is 1.15. The van der Waals surface area contributed by atoms with Gasteiger partial charge in [0.25, 0.3) is 0 Å². The molecule has 0 spiro atoms. The van der Waals surface area contributed by atoms with Gasteiger partial charge in [0.05, 0.1) is 17.2 Å². The van der Waals surface area contributed by atoms with Gasteiger partial charge < -0.3 is 15.2 Å². The maximum absolute atomic E-state index is 11.5. The van der Waals surface area contributed by atoms with Crippen LogP contribution in [0.3, 0.4) is 0 Å². The Balaban J connectivity index is 1.50. The Bertz CT molecular complexity index is 1240. The van der Waals surface area contributed by atoms with Crippen LogP contribution in [0, 0.1) is 6.92 Å². The van der Waals surface area contributed by atoms with E-state index in [1.165, 1.54) is 28.2 Å². The summed E-state index contributed by atoms with van der Waals surface area (Å²) < 4.78 is 5.46. The molecule has 4 rings (SSSR count). The molecule has 2 aromatic carbocycles. The predicted octanol–water partition coefficient (Wildman–Crippen LogP) is 5.42. The maximum Gasteiger partial charge on any atom is 0.349 e. The molecule has 2 heterocycles. The highest BCUT2D eigenvalue weighted by atomic mass is 32.1. The second-order valence-electron chi connectivity index (χ2n) is 7.09. The summed E-state index contributed by atoms with van der Waals surface area (Å²) in [5, 5.41) is 15.3. The summed E-state index contributed by atoms with van der Waals surface area (Å²) in [5.74, 6) is 0.0662. The fraction of sp³-hybridized carbons (Fsp3) is 0.208. The van der Waals surface area contributed by atoms with E-state index in [4.69, 9.17) is 4.74 Å². The molecule has 6 nitrogen and oxygen atoms in total. The van der Waals surface area contributed by atoms with E-state index in [-0.39, 0.29) is 4.88 Å². The van der Waals surface area contributed by atoms with Gasteiger partial charge in [0.1, 0.15) is 17.9 Å². The second-order valence-corrected chi connectivity index (χ2v) is 8.15. The zero-order valence-corrected chi connectivity index (χ0v) is 18.2. The Morgan fingerprint density at radius 3 is 2.71 bits per heavy atom. The number of carboxylic acid groups (broad SMARTS) is 1. The Kier molecular flexibility index (Phi) is 6.13. The molecule has 0 atom stereocenters. The van der Waals surface area contributed by atoms with Gasteiger partial charge >= 0.3 is 5.97 Å². The number of nitrogens with one attached hydrogen (secondary N) is 1. The highest BCUT2D eigenvalue weighted by Crippen LogP contribution is 2.36. The molecule has 0 aliphatic rings. The van der Waals surface area contributed by atoms with Crippen LogP contribution in [-0.4, -0.2) is 34.2 Å². The number of carboxylic acids is 1. The van der Waals surface area contributed by atoms with Crippen molar-refractivity contribution in [1.29, 1.82) is 0 Å². The molecule has 0 unspecified atom stereocenters. The van der Waals surface area contributed by atoms with Gasteiger partial charge in [-0.15, -0.1) is 11.3 Å². The molecule has 0 saturated heterocycles. The topological polar surface area (TPSA) is 84.3 Å². The number of aromatic carboxylic acids is 1. The average Bonchev–Trinajstić information content (AvgIpc) is 3.20. The van der Waals surface area contributed by atoms with Crippen LogP contribution in [0.15, 0.2) is 54.9 Å². The number of fused-ring (bicyclic) bond motifs is 1. The molecule has 0 amide bonds. The Hall–Kier alpha value is -3.45. The maximum atomic E-state index is 11.5. The quantitative estimate of drug-likeness (QED) is 0.386. The Morgan fingerprint density at radius 1 is 1.13 bits per heavy atom. The minimum atomic E-state index is -1.00. The van der Waals surface area contributed by atoms with Crippen molar-refractivity contribution >= 4 is 33.9 Å². The highest BCUT2D eigenvalue weighted by molar-refractivity contribution is 7.17. The summed E-state index contributed by atoms with van der Waals surface area (Å²) in [6.45, 7) is 5.08. The molecule has 7 heteroatoms. The van der Waals surface area contributed by atoms with Gasteiger partial charge in [0.2, 0.25) is 0 Å². The number of ether oxygens (including phenoxy) is 1. The van der Waals surface area contributed by atoms with Gasteiger partial charge in [0.15, 0.2) is 4.88 Å². The number of benzene rings is 2. The van der Waals surface area contributed by atoms with Gasteiger partial charge in [-0.3, -0.25) is 0 Å². The smallest absolute Gasteiger partial charge is 0.349 e. The van der Waals surface area contributed by atoms with Crippen LogP contribution >= 0.6 is 11.3 Å². The number of nitrogens with zero attached hydrogens (tertiary/aromatic N) is 2. The number of thiophene rings is 1. The van der Waals surface area contributed by atoms with Crippen molar-refractivity contribution in [2.24, 2.45) is 0 Å². The molecule has 4 aromatic rings. The molecular weight excluding hydrogens is 410 g/mol. The van der Waals surface area contributed by atoms with Gasteiger partial charge in [-0.1, -0.05) is 36.4 Å². The molecule has 0 radical (unpaired) electrons. The van der Waals surface area contributed by atoms with Crippen molar-refractivity contribution in [2.75, 3.05) is 18.5 Å². The normalized spacial score (nSPS) is 10.9. The summed E-state index contributed by atoms with van der Waals surface area (Å²) in [6.07, 6.45) is 2.34. The van der Waals surface area contributed by atoms with E-state index >= 15 is 0 Å². The van der Waals surface area contributed by atoms with Gasteiger partial charge in [0, 0.05) is 18.7 Å². The highest BCUT2D eigenvalue weighted by Gasteiger charge is 2.18. The van der Waals surface area contributed by atoms with Crippen molar-refractivity contribution < 1.29 is 14.6 Å². The van der Waals surface area contributed by atoms with Gasteiger partial charge in [-0.25, -0.2) is 14.8 Å². The summed E-state index contributed by atoms with van der Waals surface area (Å²) in [7, 11) is 0.